The molecule has 244 valence electrons. The van der Waals surface area contributed by atoms with Crippen LogP contribution >= 0.6 is 0 Å². The summed E-state index contributed by atoms with van der Waals surface area (Å²) in [5.41, 5.74) is 7.29. The zero-order valence-electron chi connectivity index (χ0n) is 27.1. The van der Waals surface area contributed by atoms with E-state index in [2.05, 4.69) is 39.2 Å². The van der Waals surface area contributed by atoms with Gasteiger partial charge >= 0.3 is 0 Å². The van der Waals surface area contributed by atoms with Gasteiger partial charge in [0.25, 0.3) is 0 Å². The van der Waals surface area contributed by atoms with Crippen molar-refractivity contribution in [3.05, 3.63) is 108 Å². The molecule has 45 heavy (non-hydrogen) atoms. The summed E-state index contributed by atoms with van der Waals surface area (Å²) in [6.45, 7) is 10.8. The van der Waals surface area contributed by atoms with E-state index in [-0.39, 0.29) is 12.0 Å². The second kappa shape index (κ2) is 23.4. The van der Waals surface area contributed by atoms with E-state index >= 15 is 0 Å². The van der Waals surface area contributed by atoms with Crippen molar-refractivity contribution in [3.63, 3.8) is 0 Å². The maximum Gasteiger partial charge on any atom is 0.221 e. The van der Waals surface area contributed by atoms with Crippen molar-refractivity contribution in [2.45, 2.75) is 58.0 Å². The number of hydrogen-bond acceptors (Lipinski definition) is 6. The molecular weight excluding hydrogens is 564 g/mol. The molecular formula is C37H52N4O4. The number of carbonyl (C=O) groups excluding carboxylic acids is 2. The number of rotatable bonds is 18. The van der Waals surface area contributed by atoms with Crippen LogP contribution in [0, 0.1) is 0 Å². The van der Waals surface area contributed by atoms with Crippen molar-refractivity contribution in [2.24, 2.45) is 0 Å². The Kier molecular flexibility index (Phi) is 19.4. The fourth-order valence-electron chi connectivity index (χ4n) is 4.81. The Balaban J connectivity index is 0.000000372. The molecule has 8 heteroatoms. The number of piperidine rings is 1. The van der Waals surface area contributed by atoms with Gasteiger partial charge in [-0.15, -0.1) is 5.73 Å². The Morgan fingerprint density at radius 2 is 1.87 bits per heavy atom. The molecule has 1 fully saturated rings. The van der Waals surface area contributed by atoms with Crippen molar-refractivity contribution < 1.29 is 19.4 Å². The third kappa shape index (κ3) is 16.6. The summed E-state index contributed by atoms with van der Waals surface area (Å²) in [6.07, 6.45) is 20.2. The smallest absolute Gasteiger partial charge is 0.221 e. The molecule has 1 aromatic carbocycles. The summed E-state index contributed by atoms with van der Waals surface area (Å²) in [6, 6.07) is 9.88. The Labute approximate surface area is 270 Å². The van der Waals surface area contributed by atoms with Gasteiger partial charge in [-0.25, -0.2) is 0 Å². The van der Waals surface area contributed by atoms with Gasteiger partial charge in [-0.05, 0) is 87.6 Å². The SMILES string of the molecule is C=C/C=C\C(=C(/C)NC=O)c1ccccc1.COC1=CC=C=C(CCNCCCCCNC(=O)CCN2CCC(O)CC2)C=C1. The molecule has 0 unspecified atom stereocenters. The molecule has 1 saturated heterocycles. The predicted molar refractivity (Wildman–Crippen MR) is 184 cm³/mol. The molecule has 4 N–H and O–H groups in total. The first kappa shape index (κ1) is 37.2. The number of hydrogen-bond donors (Lipinski definition) is 4. The number of carbonyl (C=O) groups is 2. The number of unbranched alkanes of at least 4 members (excludes halogenated alkanes) is 2. The quantitative estimate of drug-likeness (QED) is 0.0784. The van der Waals surface area contributed by atoms with Crippen LogP contribution in [0.2, 0.25) is 0 Å². The summed E-state index contributed by atoms with van der Waals surface area (Å²) in [4.78, 5) is 24.6. The van der Waals surface area contributed by atoms with Crippen LogP contribution in [0.1, 0.15) is 57.4 Å². The summed E-state index contributed by atoms with van der Waals surface area (Å²) >= 11 is 0. The first-order chi connectivity index (χ1) is 22.0. The summed E-state index contributed by atoms with van der Waals surface area (Å²) in [7, 11) is 1.67. The third-order valence-electron chi connectivity index (χ3n) is 7.50. The van der Waals surface area contributed by atoms with Crippen LogP contribution in [0.5, 0.6) is 0 Å². The second-order valence-corrected chi connectivity index (χ2v) is 10.9. The largest absolute Gasteiger partial charge is 0.497 e. The summed E-state index contributed by atoms with van der Waals surface area (Å²) in [5, 5.41) is 18.7. The molecule has 0 saturated carbocycles. The van der Waals surface area contributed by atoms with E-state index < -0.39 is 0 Å². The summed E-state index contributed by atoms with van der Waals surface area (Å²) < 4.78 is 5.21. The Morgan fingerprint density at radius 3 is 2.58 bits per heavy atom. The van der Waals surface area contributed by atoms with Gasteiger partial charge in [0, 0.05) is 43.9 Å². The van der Waals surface area contributed by atoms with Crippen LogP contribution in [0.3, 0.4) is 0 Å². The van der Waals surface area contributed by atoms with Crippen LogP contribution in [-0.4, -0.2) is 74.8 Å². The molecule has 1 aliphatic heterocycles. The fourth-order valence-corrected chi connectivity index (χ4v) is 4.81. The van der Waals surface area contributed by atoms with Crippen LogP contribution in [-0.2, 0) is 14.3 Å². The van der Waals surface area contributed by atoms with Crippen molar-refractivity contribution in [1.29, 1.82) is 0 Å². The number of benzene rings is 1. The number of likely N-dealkylation sites (tertiary alicyclic amines) is 1. The number of methoxy groups -OCH3 is 1. The molecule has 0 bridgehead atoms. The zero-order valence-corrected chi connectivity index (χ0v) is 27.1. The molecule has 3 rings (SSSR count). The highest BCUT2D eigenvalue weighted by molar-refractivity contribution is 5.78. The van der Waals surface area contributed by atoms with Crippen molar-refractivity contribution in [2.75, 3.05) is 46.4 Å². The highest BCUT2D eigenvalue weighted by Gasteiger charge is 2.17. The third-order valence-corrected chi connectivity index (χ3v) is 7.50. The van der Waals surface area contributed by atoms with Gasteiger partial charge < -0.3 is 30.7 Å². The lowest BCUT2D eigenvalue weighted by molar-refractivity contribution is -0.121. The monoisotopic (exact) mass is 616 g/mol. The van der Waals surface area contributed by atoms with Crippen LogP contribution in [0.4, 0.5) is 0 Å². The molecule has 0 spiro atoms. The topological polar surface area (TPSA) is 103 Å². The van der Waals surface area contributed by atoms with E-state index in [0.717, 1.165) is 100 Å². The highest BCUT2D eigenvalue weighted by Crippen LogP contribution is 2.18. The Morgan fingerprint density at radius 1 is 1.11 bits per heavy atom. The molecule has 8 nitrogen and oxygen atoms in total. The highest BCUT2D eigenvalue weighted by atomic mass is 16.5. The first-order valence-electron chi connectivity index (χ1n) is 16.0. The van der Waals surface area contributed by atoms with Gasteiger partial charge in [0.2, 0.25) is 12.3 Å². The second-order valence-electron chi connectivity index (χ2n) is 10.9. The molecule has 1 aliphatic carbocycles. The van der Waals surface area contributed by atoms with Gasteiger partial charge in [-0.2, -0.15) is 0 Å². The minimum absolute atomic E-state index is 0.137. The molecule has 0 atom stereocenters. The standard InChI is InChI=1S/C23H37N3O3.C14H15NO/c1-29-22-7-5-6-20(8-9-22)10-16-24-14-3-2-4-15-25-23(28)13-19-26-17-11-21(27)12-18-26;1-3-4-10-14(12(2)15-11-16)13-8-6-5-7-9-13/h5,7-9,21,24,27H,2-4,10-19H2,1H3,(H,25,28);3-11H,1H2,2H3,(H,15,16)/b;10-4-,14-12-. The average Bonchev–Trinajstić information content (AvgIpc) is 3.30. The van der Waals surface area contributed by atoms with Crippen LogP contribution in [0.25, 0.3) is 5.57 Å². The summed E-state index contributed by atoms with van der Waals surface area (Å²) in [5.74, 6) is 0.983. The number of aliphatic hydroxyl groups excluding tert-OH is 1. The number of nitrogens with zero attached hydrogens (tertiary/aromatic N) is 1. The van der Waals surface area contributed by atoms with Crippen LogP contribution < -0.4 is 16.0 Å². The number of nitrogens with one attached hydrogen (secondary N) is 3. The van der Waals surface area contributed by atoms with E-state index in [1.54, 1.807) is 13.2 Å². The van der Waals surface area contributed by atoms with Crippen LogP contribution in [0.15, 0.2) is 102 Å². The van der Waals surface area contributed by atoms with Gasteiger partial charge in [0.1, 0.15) is 5.76 Å². The number of ether oxygens (including phenoxy) is 1. The van der Waals surface area contributed by atoms with E-state index in [1.807, 2.05) is 67.6 Å². The van der Waals surface area contributed by atoms with E-state index in [9.17, 15) is 14.7 Å². The fraction of sp³-hybridized carbons (Fsp3) is 0.432. The molecule has 0 aromatic heterocycles. The Bertz CT molecular complexity index is 1220. The zero-order chi connectivity index (χ0) is 32.5. The molecule has 0 radical (unpaired) electrons. The van der Waals surface area contributed by atoms with E-state index in [1.165, 1.54) is 5.57 Å². The number of amides is 2. The number of aliphatic hydroxyl groups is 1. The molecule has 2 amide bonds. The lowest BCUT2D eigenvalue weighted by atomic mass is 10.0. The van der Waals surface area contributed by atoms with Gasteiger partial charge in [0.15, 0.2) is 0 Å². The molecule has 1 aromatic rings. The maximum atomic E-state index is 11.9. The average molecular weight is 617 g/mol. The minimum atomic E-state index is -0.154. The minimum Gasteiger partial charge on any atom is -0.497 e. The van der Waals surface area contributed by atoms with Gasteiger partial charge in [-0.3, -0.25) is 9.59 Å². The van der Waals surface area contributed by atoms with E-state index in [4.69, 9.17) is 4.74 Å². The maximum absolute atomic E-state index is 11.9. The lowest BCUT2D eigenvalue weighted by Crippen LogP contribution is -2.38. The van der Waals surface area contributed by atoms with Crippen molar-refractivity contribution in [1.82, 2.24) is 20.9 Å². The molecule has 1 heterocycles. The van der Waals surface area contributed by atoms with Gasteiger partial charge in [-0.1, -0.05) is 61.6 Å². The number of allylic oxidation sites excluding steroid dienone is 8. The normalized spacial score (nSPS) is 15.6. The van der Waals surface area contributed by atoms with Gasteiger partial charge in [0.05, 0.1) is 13.2 Å². The molecule has 2 aliphatic rings. The van der Waals surface area contributed by atoms with Crippen molar-refractivity contribution >= 4 is 17.9 Å². The lowest BCUT2D eigenvalue weighted by Gasteiger charge is -2.29. The Hall–Kier alpha value is -3.94. The predicted octanol–water partition coefficient (Wildman–Crippen LogP) is 5.19. The first-order valence-corrected chi connectivity index (χ1v) is 16.0. The van der Waals surface area contributed by atoms with Crippen molar-refractivity contribution in [3.8, 4) is 0 Å². The van der Waals surface area contributed by atoms with E-state index in [0.29, 0.717) is 12.8 Å².